The van der Waals surface area contributed by atoms with Crippen molar-refractivity contribution in [3.63, 3.8) is 0 Å². The maximum Gasteiger partial charge on any atom is 0.494 e. The third-order valence-corrected chi connectivity index (χ3v) is 2.16. The first-order valence-corrected chi connectivity index (χ1v) is 4.96. The van der Waals surface area contributed by atoms with Crippen LogP contribution in [-0.4, -0.2) is 30.3 Å². The summed E-state index contributed by atoms with van der Waals surface area (Å²) in [6.45, 7) is 5.09. The van der Waals surface area contributed by atoms with Gasteiger partial charge in [-0.25, -0.2) is 0 Å². The fourth-order valence-corrected chi connectivity index (χ4v) is 1.19. The summed E-state index contributed by atoms with van der Waals surface area (Å²) in [6, 6.07) is 4.32. The van der Waals surface area contributed by atoms with Gasteiger partial charge in [-0.2, -0.15) is 0 Å². The second-order valence-electron chi connectivity index (χ2n) is 3.60. The molecule has 1 aromatic rings. The molecule has 0 atom stereocenters. The third kappa shape index (κ3) is 3.34. The SMILES string of the molecule is C=C(C)C(=O)Nc1ccc(O)c(B(O)OC)c1. The Hall–Kier alpha value is -1.79. The number of anilines is 1. The molecule has 0 radical (unpaired) electrons. The number of amides is 1. The first-order valence-electron chi connectivity index (χ1n) is 4.96. The smallest absolute Gasteiger partial charge is 0.494 e. The van der Waals surface area contributed by atoms with Crippen LogP contribution in [0.1, 0.15) is 6.92 Å². The maximum absolute atomic E-state index is 11.4. The van der Waals surface area contributed by atoms with Crippen molar-refractivity contribution in [1.29, 1.82) is 0 Å². The van der Waals surface area contributed by atoms with Gasteiger partial charge in [-0.3, -0.25) is 4.79 Å². The number of hydrogen-bond acceptors (Lipinski definition) is 4. The molecule has 0 fully saturated rings. The van der Waals surface area contributed by atoms with E-state index in [4.69, 9.17) is 0 Å². The van der Waals surface area contributed by atoms with E-state index in [0.717, 1.165) is 0 Å². The number of benzene rings is 1. The number of hydrogen-bond donors (Lipinski definition) is 3. The molecular formula is C11H14BNO4. The first kappa shape index (κ1) is 13.3. The molecule has 6 heteroatoms. The van der Waals surface area contributed by atoms with Gasteiger partial charge in [0.05, 0.1) is 0 Å². The molecule has 0 heterocycles. The summed E-state index contributed by atoms with van der Waals surface area (Å²) < 4.78 is 4.69. The third-order valence-electron chi connectivity index (χ3n) is 2.16. The number of phenolic OH excluding ortho intramolecular Hbond substituents is 1. The highest BCUT2D eigenvalue weighted by molar-refractivity contribution is 6.61. The quantitative estimate of drug-likeness (QED) is 0.397. The van der Waals surface area contributed by atoms with E-state index in [2.05, 4.69) is 16.6 Å². The van der Waals surface area contributed by atoms with Crippen LogP contribution in [0.3, 0.4) is 0 Å². The molecule has 0 aliphatic rings. The van der Waals surface area contributed by atoms with E-state index in [9.17, 15) is 14.9 Å². The molecule has 17 heavy (non-hydrogen) atoms. The van der Waals surface area contributed by atoms with Gasteiger partial charge in [-0.05, 0) is 25.1 Å². The Bertz CT molecular complexity index is 447. The molecule has 90 valence electrons. The summed E-state index contributed by atoms with van der Waals surface area (Å²) >= 11 is 0. The predicted molar refractivity (Wildman–Crippen MR) is 66.2 cm³/mol. The van der Waals surface area contributed by atoms with E-state index >= 15 is 0 Å². The monoisotopic (exact) mass is 235 g/mol. The summed E-state index contributed by atoms with van der Waals surface area (Å²) in [5.74, 6) is -0.429. The van der Waals surface area contributed by atoms with Gasteiger partial charge in [0.15, 0.2) is 0 Å². The van der Waals surface area contributed by atoms with Crippen LogP contribution in [0.15, 0.2) is 30.4 Å². The van der Waals surface area contributed by atoms with Crippen molar-refractivity contribution >= 4 is 24.2 Å². The van der Waals surface area contributed by atoms with Crippen molar-refractivity contribution in [2.75, 3.05) is 12.4 Å². The number of nitrogens with one attached hydrogen (secondary N) is 1. The van der Waals surface area contributed by atoms with Gasteiger partial charge in [-0.15, -0.1) is 0 Å². The van der Waals surface area contributed by atoms with Gasteiger partial charge in [0, 0.05) is 23.8 Å². The molecule has 0 aromatic heterocycles. The summed E-state index contributed by atoms with van der Waals surface area (Å²) in [7, 11) is 0.0696. The van der Waals surface area contributed by atoms with E-state index in [1.807, 2.05) is 0 Å². The number of carbonyl (C=O) groups is 1. The van der Waals surface area contributed by atoms with Gasteiger partial charge in [-0.1, -0.05) is 6.58 Å². The Labute approximate surface area is 99.9 Å². The number of rotatable bonds is 4. The van der Waals surface area contributed by atoms with E-state index < -0.39 is 7.12 Å². The van der Waals surface area contributed by atoms with Crippen LogP contribution >= 0.6 is 0 Å². The zero-order chi connectivity index (χ0) is 13.0. The van der Waals surface area contributed by atoms with Gasteiger partial charge < -0.3 is 20.1 Å². The average molecular weight is 235 g/mol. The largest absolute Gasteiger partial charge is 0.508 e. The molecule has 0 aliphatic heterocycles. The highest BCUT2D eigenvalue weighted by atomic mass is 16.5. The molecule has 1 amide bonds. The van der Waals surface area contributed by atoms with Crippen LogP contribution < -0.4 is 10.8 Å². The molecule has 0 aliphatic carbocycles. The summed E-state index contributed by atoms with van der Waals surface area (Å²) in [4.78, 5) is 11.4. The van der Waals surface area contributed by atoms with Crippen molar-refractivity contribution in [1.82, 2.24) is 0 Å². The second-order valence-corrected chi connectivity index (χ2v) is 3.60. The van der Waals surface area contributed by atoms with Gasteiger partial charge in [0.1, 0.15) is 5.75 Å². The average Bonchev–Trinajstić information content (AvgIpc) is 2.30. The van der Waals surface area contributed by atoms with Crippen molar-refractivity contribution in [3.05, 3.63) is 30.4 Å². The summed E-state index contributed by atoms with van der Waals surface area (Å²) in [6.07, 6.45) is 0. The topological polar surface area (TPSA) is 78.8 Å². The molecular weight excluding hydrogens is 221 g/mol. The van der Waals surface area contributed by atoms with Crippen LogP contribution in [0, 0.1) is 0 Å². The van der Waals surface area contributed by atoms with Crippen LogP contribution in [0.5, 0.6) is 5.75 Å². The Balaban J connectivity index is 2.96. The van der Waals surface area contributed by atoms with Crippen molar-refractivity contribution in [3.8, 4) is 5.75 Å². The number of phenols is 1. The van der Waals surface area contributed by atoms with Crippen LogP contribution in [0.25, 0.3) is 0 Å². The summed E-state index contributed by atoms with van der Waals surface area (Å²) in [5.41, 5.74) is 1.00. The van der Waals surface area contributed by atoms with Crippen molar-refractivity contribution in [2.45, 2.75) is 6.92 Å². The van der Waals surface area contributed by atoms with E-state index in [1.54, 1.807) is 6.92 Å². The Morgan fingerprint density at radius 2 is 2.18 bits per heavy atom. The lowest BCUT2D eigenvalue weighted by atomic mass is 9.78. The minimum atomic E-state index is -1.24. The normalized spacial score (nSPS) is 9.82. The van der Waals surface area contributed by atoms with Crippen LogP contribution in [-0.2, 0) is 9.45 Å². The molecule has 1 aromatic carbocycles. The molecule has 0 unspecified atom stereocenters. The molecule has 0 saturated heterocycles. The highest BCUT2D eigenvalue weighted by Crippen LogP contribution is 2.13. The zero-order valence-corrected chi connectivity index (χ0v) is 9.73. The van der Waals surface area contributed by atoms with Gasteiger partial charge in [0.2, 0.25) is 0 Å². The Kier molecular flexibility index (Phi) is 4.31. The highest BCUT2D eigenvalue weighted by Gasteiger charge is 2.19. The lowest BCUT2D eigenvalue weighted by Crippen LogP contribution is -2.33. The number of carbonyl (C=O) groups excluding carboxylic acids is 1. The lowest BCUT2D eigenvalue weighted by molar-refractivity contribution is -0.112. The zero-order valence-electron chi connectivity index (χ0n) is 9.73. The van der Waals surface area contributed by atoms with E-state index in [-0.39, 0.29) is 17.1 Å². The van der Waals surface area contributed by atoms with Crippen molar-refractivity contribution < 1.29 is 19.6 Å². The fraction of sp³-hybridized carbons (Fsp3) is 0.182. The molecule has 0 spiro atoms. The van der Waals surface area contributed by atoms with E-state index in [0.29, 0.717) is 11.3 Å². The Morgan fingerprint density at radius 1 is 1.53 bits per heavy atom. The minimum Gasteiger partial charge on any atom is -0.508 e. The van der Waals surface area contributed by atoms with Crippen molar-refractivity contribution in [2.24, 2.45) is 0 Å². The maximum atomic E-state index is 11.4. The second kappa shape index (κ2) is 5.52. The minimum absolute atomic E-state index is 0.104. The molecule has 0 bridgehead atoms. The lowest BCUT2D eigenvalue weighted by Gasteiger charge is -2.10. The first-order chi connectivity index (χ1) is 7.95. The standard InChI is InChI=1S/C11H14BNO4/c1-7(2)11(15)13-8-4-5-10(14)9(6-8)12(16)17-3/h4-6,14,16H,1H2,2-3H3,(H,13,15). The Morgan fingerprint density at radius 3 is 2.71 bits per heavy atom. The fourth-order valence-electron chi connectivity index (χ4n) is 1.19. The van der Waals surface area contributed by atoms with Gasteiger partial charge >= 0.3 is 7.12 Å². The molecule has 3 N–H and O–H groups in total. The van der Waals surface area contributed by atoms with Gasteiger partial charge in [0.25, 0.3) is 5.91 Å². The summed E-state index contributed by atoms with van der Waals surface area (Å²) in [5, 5.41) is 21.5. The molecule has 0 saturated carbocycles. The number of aromatic hydroxyl groups is 1. The van der Waals surface area contributed by atoms with E-state index in [1.165, 1.54) is 25.3 Å². The molecule has 1 rings (SSSR count). The van der Waals surface area contributed by atoms with Crippen LogP contribution in [0.2, 0.25) is 0 Å². The van der Waals surface area contributed by atoms with Crippen LogP contribution in [0.4, 0.5) is 5.69 Å². The predicted octanol–water partition coefficient (Wildman–Crippen LogP) is 0.241. The molecule has 5 nitrogen and oxygen atoms in total.